The molecule has 0 fully saturated rings. The van der Waals surface area contributed by atoms with Crippen LogP contribution in [0.5, 0.6) is 5.75 Å². The van der Waals surface area contributed by atoms with Crippen LogP contribution in [0.15, 0.2) is 76.5 Å². The molecule has 0 atom stereocenters. The first-order valence-electron chi connectivity index (χ1n) is 10.5. The highest BCUT2D eigenvalue weighted by molar-refractivity contribution is 7.99. The smallest absolute Gasteiger partial charge is 0.234 e. The molecule has 33 heavy (non-hydrogen) atoms. The molecule has 4 aromatic rings. The van der Waals surface area contributed by atoms with Gasteiger partial charge in [0.25, 0.3) is 0 Å². The summed E-state index contributed by atoms with van der Waals surface area (Å²) < 4.78 is 12.9. The third kappa shape index (κ3) is 5.12. The van der Waals surface area contributed by atoms with Gasteiger partial charge in [-0.15, -0.1) is 10.2 Å². The SMILES string of the molecule is COc1ccc(C(C)(C)C)cc1NC(=O)CSc1nnc(-c2ccco2)n1-c1ccccc1. The van der Waals surface area contributed by atoms with Crippen LogP contribution in [-0.4, -0.2) is 33.5 Å². The first-order chi connectivity index (χ1) is 15.9. The quantitative estimate of drug-likeness (QED) is 0.362. The first-order valence-corrected chi connectivity index (χ1v) is 11.5. The Morgan fingerprint density at radius 2 is 1.88 bits per heavy atom. The van der Waals surface area contributed by atoms with Crippen LogP contribution in [0.3, 0.4) is 0 Å². The predicted octanol–water partition coefficient (Wildman–Crippen LogP) is 5.56. The molecule has 2 heterocycles. The molecule has 2 aromatic carbocycles. The van der Waals surface area contributed by atoms with Gasteiger partial charge in [0.15, 0.2) is 10.9 Å². The number of rotatable bonds is 7. The highest BCUT2D eigenvalue weighted by atomic mass is 32.2. The maximum atomic E-state index is 12.8. The van der Waals surface area contributed by atoms with E-state index in [-0.39, 0.29) is 17.1 Å². The van der Waals surface area contributed by atoms with E-state index in [1.54, 1.807) is 19.4 Å². The number of hydrogen-bond donors (Lipinski definition) is 1. The zero-order valence-corrected chi connectivity index (χ0v) is 19.8. The molecule has 8 heteroatoms. The average Bonchev–Trinajstić information content (AvgIpc) is 3.47. The Morgan fingerprint density at radius 1 is 1.09 bits per heavy atom. The van der Waals surface area contributed by atoms with Gasteiger partial charge in [0.2, 0.25) is 11.7 Å². The maximum Gasteiger partial charge on any atom is 0.234 e. The number of ether oxygens (including phenoxy) is 1. The average molecular weight is 463 g/mol. The van der Waals surface area contributed by atoms with Gasteiger partial charge in [-0.1, -0.05) is 56.8 Å². The van der Waals surface area contributed by atoms with Crippen LogP contribution in [-0.2, 0) is 10.2 Å². The number of carbonyl (C=O) groups is 1. The third-order valence-corrected chi connectivity index (χ3v) is 5.99. The Morgan fingerprint density at radius 3 is 2.55 bits per heavy atom. The fraction of sp³-hybridized carbons (Fsp3) is 0.240. The summed E-state index contributed by atoms with van der Waals surface area (Å²) in [5.41, 5.74) is 2.60. The molecule has 4 rings (SSSR count). The standard InChI is InChI=1S/C25H26N4O3S/c1-25(2,3)17-12-13-20(31-4)19(15-17)26-22(30)16-33-24-28-27-23(21-11-8-14-32-21)29(24)18-9-6-5-7-10-18/h5-15H,16H2,1-4H3,(H,26,30). The van der Waals surface area contributed by atoms with E-state index < -0.39 is 0 Å². The van der Waals surface area contributed by atoms with Crippen molar-refractivity contribution in [1.29, 1.82) is 0 Å². The summed E-state index contributed by atoms with van der Waals surface area (Å²) in [7, 11) is 1.59. The van der Waals surface area contributed by atoms with E-state index in [4.69, 9.17) is 9.15 Å². The van der Waals surface area contributed by atoms with Crippen molar-refractivity contribution in [2.45, 2.75) is 31.3 Å². The van der Waals surface area contributed by atoms with Crippen molar-refractivity contribution in [1.82, 2.24) is 14.8 Å². The van der Waals surface area contributed by atoms with E-state index >= 15 is 0 Å². The number of furan rings is 1. The number of nitrogens with zero attached hydrogens (tertiary/aromatic N) is 3. The molecule has 1 N–H and O–H groups in total. The third-order valence-electron chi connectivity index (χ3n) is 5.06. The Balaban J connectivity index is 1.55. The lowest BCUT2D eigenvalue weighted by Crippen LogP contribution is -2.17. The van der Waals surface area contributed by atoms with Gasteiger partial charge in [0.05, 0.1) is 24.8 Å². The molecule has 0 aliphatic rings. The van der Waals surface area contributed by atoms with Crippen molar-refractivity contribution in [3.05, 3.63) is 72.5 Å². The minimum Gasteiger partial charge on any atom is -0.495 e. The molecular formula is C25H26N4O3S. The summed E-state index contributed by atoms with van der Waals surface area (Å²) in [5, 5.41) is 12.2. The summed E-state index contributed by atoms with van der Waals surface area (Å²) >= 11 is 1.31. The number of nitrogens with one attached hydrogen (secondary N) is 1. The number of para-hydroxylation sites is 1. The van der Waals surface area contributed by atoms with E-state index in [9.17, 15) is 4.79 Å². The minimum atomic E-state index is -0.161. The van der Waals surface area contributed by atoms with Crippen LogP contribution in [0.25, 0.3) is 17.3 Å². The summed E-state index contributed by atoms with van der Waals surface area (Å²) in [6.45, 7) is 6.38. The van der Waals surface area contributed by atoms with Crippen LogP contribution in [0, 0.1) is 0 Å². The van der Waals surface area contributed by atoms with Crippen molar-refractivity contribution in [2.75, 3.05) is 18.2 Å². The van der Waals surface area contributed by atoms with Crippen LogP contribution in [0.4, 0.5) is 5.69 Å². The van der Waals surface area contributed by atoms with Crippen molar-refractivity contribution < 1.29 is 13.9 Å². The zero-order chi connectivity index (χ0) is 23.4. The van der Waals surface area contributed by atoms with E-state index in [0.717, 1.165) is 11.3 Å². The van der Waals surface area contributed by atoms with Gasteiger partial charge in [0, 0.05) is 5.69 Å². The summed E-state index contributed by atoms with van der Waals surface area (Å²) in [5.74, 6) is 1.80. The van der Waals surface area contributed by atoms with Crippen LogP contribution in [0.2, 0.25) is 0 Å². The number of anilines is 1. The molecule has 0 spiro atoms. The monoisotopic (exact) mass is 462 g/mol. The molecule has 0 saturated carbocycles. The fourth-order valence-electron chi connectivity index (χ4n) is 3.33. The first kappa shape index (κ1) is 22.7. The largest absolute Gasteiger partial charge is 0.495 e. The maximum absolute atomic E-state index is 12.8. The molecule has 1 amide bonds. The highest BCUT2D eigenvalue weighted by Crippen LogP contribution is 2.32. The van der Waals surface area contributed by atoms with Gasteiger partial charge in [-0.05, 0) is 47.4 Å². The van der Waals surface area contributed by atoms with Crippen molar-refractivity contribution >= 4 is 23.4 Å². The lowest BCUT2D eigenvalue weighted by Gasteiger charge is -2.21. The number of carbonyl (C=O) groups excluding carboxylic acids is 1. The molecule has 0 aliphatic carbocycles. The Labute approximate surface area is 197 Å². The number of aromatic nitrogens is 3. The highest BCUT2D eigenvalue weighted by Gasteiger charge is 2.20. The number of hydrogen-bond acceptors (Lipinski definition) is 6. The fourth-order valence-corrected chi connectivity index (χ4v) is 4.08. The molecule has 2 aromatic heterocycles. The molecule has 0 bridgehead atoms. The summed E-state index contributed by atoms with van der Waals surface area (Å²) in [6, 6.07) is 19.2. The number of methoxy groups -OCH3 is 1. The second-order valence-corrected chi connectivity index (χ2v) is 9.40. The summed E-state index contributed by atoms with van der Waals surface area (Å²) in [4.78, 5) is 12.8. The Hall–Kier alpha value is -3.52. The van der Waals surface area contributed by atoms with Crippen LogP contribution < -0.4 is 10.1 Å². The molecular weight excluding hydrogens is 436 g/mol. The zero-order valence-electron chi connectivity index (χ0n) is 19.0. The lowest BCUT2D eigenvalue weighted by atomic mass is 9.87. The number of thioether (sulfide) groups is 1. The predicted molar refractivity (Wildman–Crippen MR) is 130 cm³/mol. The molecule has 0 unspecified atom stereocenters. The minimum absolute atomic E-state index is 0.0468. The van der Waals surface area contributed by atoms with Gasteiger partial charge < -0.3 is 14.5 Å². The van der Waals surface area contributed by atoms with Gasteiger partial charge in [-0.25, -0.2) is 0 Å². The van der Waals surface area contributed by atoms with Gasteiger partial charge in [-0.2, -0.15) is 0 Å². The van der Waals surface area contributed by atoms with Crippen LogP contribution >= 0.6 is 11.8 Å². The van der Waals surface area contributed by atoms with Gasteiger partial charge in [0.1, 0.15) is 5.75 Å². The second kappa shape index (κ2) is 9.54. The van der Waals surface area contributed by atoms with E-state index in [1.165, 1.54) is 11.8 Å². The molecule has 170 valence electrons. The lowest BCUT2D eigenvalue weighted by molar-refractivity contribution is -0.113. The van der Waals surface area contributed by atoms with Crippen molar-refractivity contribution in [2.24, 2.45) is 0 Å². The molecule has 0 aliphatic heterocycles. The molecule has 0 saturated heterocycles. The Bertz CT molecular complexity index is 1230. The van der Waals surface area contributed by atoms with Gasteiger partial charge in [-0.3, -0.25) is 9.36 Å². The topological polar surface area (TPSA) is 82.2 Å². The van der Waals surface area contributed by atoms with Crippen molar-refractivity contribution in [3.8, 4) is 23.0 Å². The van der Waals surface area contributed by atoms with E-state index in [2.05, 4.69) is 36.3 Å². The van der Waals surface area contributed by atoms with Crippen molar-refractivity contribution in [3.63, 3.8) is 0 Å². The van der Waals surface area contributed by atoms with Gasteiger partial charge >= 0.3 is 0 Å². The van der Waals surface area contributed by atoms with E-state index in [1.807, 2.05) is 59.2 Å². The number of amides is 1. The molecule has 7 nitrogen and oxygen atoms in total. The molecule has 0 radical (unpaired) electrons. The van der Waals surface area contributed by atoms with Crippen LogP contribution in [0.1, 0.15) is 26.3 Å². The number of benzene rings is 2. The summed E-state index contributed by atoms with van der Waals surface area (Å²) in [6.07, 6.45) is 1.60. The second-order valence-electron chi connectivity index (χ2n) is 8.46. The Kier molecular flexibility index (Phi) is 6.55. The van der Waals surface area contributed by atoms with E-state index in [0.29, 0.717) is 28.2 Å². The normalized spacial score (nSPS) is 11.4.